The topological polar surface area (TPSA) is 33.1 Å². The van der Waals surface area contributed by atoms with Crippen LogP contribution >= 0.6 is 0 Å². The van der Waals surface area contributed by atoms with E-state index in [9.17, 15) is 4.39 Å². The zero-order chi connectivity index (χ0) is 7.56. The van der Waals surface area contributed by atoms with Crippen LogP contribution in [0.2, 0.25) is 0 Å². The zero-order valence-corrected chi connectivity index (χ0v) is 5.00. The molecule has 0 aliphatic rings. The van der Waals surface area contributed by atoms with Crippen molar-refractivity contribution in [3.05, 3.63) is 23.8 Å². The lowest BCUT2D eigenvalue weighted by atomic mass is 10.3. The second kappa shape index (κ2) is 2.36. The van der Waals surface area contributed by atoms with Gasteiger partial charge in [-0.1, -0.05) is 0 Å². The molecule has 1 heterocycles. The lowest BCUT2D eigenvalue weighted by Gasteiger charge is -1.93. The molecule has 50 valence electrons. The molecule has 0 aliphatic carbocycles. The summed E-state index contributed by atoms with van der Waals surface area (Å²) in [5.74, 6) is 1.19. The van der Waals surface area contributed by atoms with Crippen molar-refractivity contribution in [1.29, 1.82) is 0 Å². The van der Waals surface area contributed by atoms with Gasteiger partial charge in [0.2, 0.25) is 0 Å². The minimum atomic E-state index is -0.600. The average molecular weight is 137 g/mol. The summed E-state index contributed by atoms with van der Waals surface area (Å²) in [5.41, 5.74) is 0.0569. The molecule has 0 saturated carbocycles. The van der Waals surface area contributed by atoms with Crippen LogP contribution in [0.15, 0.2) is 12.3 Å². The van der Waals surface area contributed by atoms with E-state index in [0.29, 0.717) is 0 Å². The van der Waals surface area contributed by atoms with Gasteiger partial charge >= 0.3 is 0 Å². The third-order valence-corrected chi connectivity index (χ3v) is 0.971. The first kappa shape index (κ1) is 6.56. The molecule has 0 atom stereocenters. The number of pyridine rings is 1. The van der Waals surface area contributed by atoms with Crippen LogP contribution in [0.4, 0.5) is 4.39 Å². The minimum Gasteiger partial charge on any atom is -0.505 e. The molecule has 0 unspecified atom stereocenters. The van der Waals surface area contributed by atoms with Crippen molar-refractivity contribution in [3.63, 3.8) is 0 Å². The summed E-state index contributed by atoms with van der Waals surface area (Å²) >= 11 is 0. The summed E-state index contributed by atoms with van der Waals surface area (Å²) in [6.07, 6.45) is 5.86. The maximum absolute atomic E-state index is 12.2. The molecule has 1 N–H and O–H groups in total. The highest BCUT2D eigenvalue weighted by molar-refractivity contribution is 5.37. The fourth-order valence-electron chi connectivity index (χ4n) is 0.540. The second-order valence-corrected chi connectivity index (χ2v) is 1.67. The maximum Gasteiger partial charge on any atom is 0.154 e. The molecule has 0 radical (unpaired) electrons. The van der Waals surface area contributed by atoms with Crippen LogP contribution in [-0.4, -0.2) is 10.1 Å². The summed E-state index contributed by atoms with van der Waals surface area (Å²) in [4.78, 5) is 3.44. The lowest BCUT2D eigenvalue weighted by Crippen LogP contribution is -1.84. The number of aromatic nitrogens is 1. The van der Waals surface area contributed by atoms with Crippen LogP contribution in [0.5, 0.6) is 5.75 Å². The SMILES string of the molecule is C#Cc1ncc(F)cc1O. The fraction of sp³-hybridized carbons (Fsp3) is 0. The van der Waals surface area contributed by atoms with Crippen molar-refractivity contribution in [2.75, 3.05) is 0 Å². The molecule has 0 saturated heterocycles. The van der Waals surface area contributed by atoms with E-state index in [-0.39, 0.29) is 11.4 Å². The summed E-state index contributed by atoms with van der Waals surface area (Å²) in [5, 5.41) is 8.85. The fourth-order valence-corrected chi connectivity index (χ4v) is 0.540. The van der Waals surface area contributed by atoms with Crippen LogP contribution in [0, 0.1) is 18.2 Å². The van der Waals surface area contributed by atoms with E-state index in [1.807, 2.05) is 0 Å². The molecular weight excluding hydrogens is 133 g/mol. The van der Waals surface area contributed by atoms with Gasteiger partial charge in [0.15, 0.2) is 11.4 Å². The number of terminal acetylenes is 1. The van der Waals surface area contributed by atoms with Gasteiger partial charge in [-0.2, -0.15) is 0 Å². The zero-order valence-electron chi connectivity index (χ0n) is 5.00. The Labute approximate surface area is 57.3 Å². The van der Waals surface area contributed by atoms with Gasteiger partial charge in [-0.15, -0.1) is 6.42 Å². The Hall–Kier alpha value is -1.56. The summed E-state index contributed by atoms with van der Waals surface area (Å²) < 4.78 is 12.2. The van der Waals surface area contributed by atoms with Gasteiger partial charge in [-0.25, -0.2) is 9.37 Å². The quantitative estimate of drug-likeness (QED) is 0.539. The normalized spacial score (nSPS) is 8.80. The largest absolute Gasteiger partial charge is 0.505 e. The van der Waals surface area contributed by atoms with Crippen molar-refractivity contribution in [3.8, 4) is 18.1 Å². The minimum absolute atomic E-state index is 0.0569. The number of halogens is 1. The van der Waals surface area contributed by atoms with E-state index in [4.69, 9.17) is 11.5 Å². The third-order valence-electron chi connectivity index (χ3n) is 0.971. The van der Waals surface area contributed by atoms with E-state index < -0.39 is 5.82 Å². The second-order valence-electron chi connectivity index (χ2n) is 1.67. The summed E-state index contributed by atoms with van der Waals surface area (Å²) in [6.45, 7) is 0. The van der Waals surface area contributed by atoms with Crippen LogP contribution in [0.1, 0.15) is 5.69 Å². The van der Waals surface area contributed by atoms with E-state index in [1.165, 1.54) is 0 Å². The Morgan fingerprint density at radius 1 is 1.70 bits per heavy atom. The van der Waals surface area contributed by atoms with Gasteiger partial charge in [0.1, 0.15) is 5.82 Å². The number of aromatic hydroxyl groups is 1. The standard InChI is InChI=1S/C7H4FNO/c1-2-6-7(10)3-5(8)4-9-6/h1,3-4,10H. The third kappa shape index (κ3) is 1.06. The Kier molecular flexibility index (Phi) is 1.55. The maximum atomic E-state index is 12.2. The molecule has 0 fully saturated rings. The van der Waals surface area contributed by atoms with Gasteiger partial charge in [-0.3, -0.25) is 0 Å². The van der Waals surface area contributed by atoms with E-state index in [0.717, 1.165) is 12.3 Å². The van der Waals surface area contributed by atoms with Crippen LogP contribution in [-0.2, 0) is 0 Å². The highest BCUT2D eigenvalue weighted by atomic mass is 19.1. The number of hydrogen-bond acceptors (Lipinski definition) is 2. The molecule has 3 heteroatoms. The van der Waals surface area contributed by atoms with Crippen LogP contribution < -0.4 is 0 Å². The number of rotatable bonds is 0. The molecular formula is C7H4FNO. The Bertz CT molecular complexity index is 290. The Morgan fingerprint density at radius 2 is 2.40 bits per heavy atom. The first-order chi connectivity index (χ1) is 4.74. The van der Waals surface area contributed by atoms with E-state index in [1.54, 1.807) is 0 Å². The number of nitrogens with zero attached hydrogens (tertiary/aromatic N) is 1. The predicted molar refractivity (Wildman–Crippen MR) is 33.8 cm³/mol. The molecule has 1 aromatic heterocycles. The lowest BCUT2D eigenvalue weighted by molar-refractivity contribution is 0.463. The molecule has 10 heavy (non-hydrogen) atoms. The van der Waals surface area contributed by atoms with Gasteiger partial charge in [0.25, 0.3) is 0 Å². The summed E-state index contributed by atoms with van der Waals surface area (Å²) in [6, 6.07) is 0.919. The highest BCUT2D eigenvalue weighted by Gasteiger charge is 1.99. The van der Waals surface area contributed by atoms with E-state index in [2.05, 4.69) is 10.9 Å². The first-order valence-corrected chi connectivity index (χ1v) is 2.55. The van der Waals surface area contributed by atoms with Crippen molar-refractivity contribution >= 4 is 0 Å². The number of hydrogen-bond donors (Lipinski definition) is 1. The Balaban J connectivity index is 3.23. The van der Waals surface area contributed by atoms with Crippen molar-refractivity contribution in [2.45, 2.75) is 0 Å². The van der Waals surface area contributed by atoms with Crippen LogP contribution in [0.3, 0.4) is 0 Å². The molecule has 0 amide bonds. The average Bonchev–Trinajstić information content (AvgIpc) is 1.88. The first-order valence-electron chi connectivity index (χ1n) is 2.55. The molecule has 0 aromatic carbocycles. The van der Waals surface area contributed by atoms with Gasteiger partial charge in [0.05, 0.1) is 6.20 Å². The molecule has 1 rings (SSSR count). The van der Waals surface area contributed by atoms with Gasteiger partial charge < -0.3 is 5.11 Å². The van der Waals surface area contributed by atoms with Gasteiger partial charge in [-0.05, 0) is 5.92 Å². The Morgan fingerprint density at radius 3 is 2.90 bits per heavy atom. The van der Waals surface area contributed by atoms with Crippen LogP contribution in [0.25, 0.3) is 0 Å². The highest BCUT2D eigenvalue weighted by Crippen LogP contribution is 2.12. The van der Waals surface area contributed by atoms with E-state index >= 15 is 0 Å². The molecule has 0 spiro atoms. The van der Waals surface area contributed by atoms with Crippen molar-refractivity contribution < 1.29 is 9.50 Å². The molecule has 2 nitrogen and oxygen atoms in total. The van der Waals surface area contributed by atoms with Crippen molar-refractivity contribution in [2.24, 2.45) is 0 Å². The molecule has 1 aromatic rings. The summed E-state index contributed by atoms with van der Waals surface area (Å²) in [7, 11) is 0. The molecule has 0 bridgehead atoms. The smallest absolute Gasteiger partial charge is 0.154 e. The monoisotopic (exact) mass is 137 g/mol. The molecule has 0 aliphatic heterocycles. The predicted octanol–water partition coefficient (Wildman–Crippen LogP) is 0.908. The van der Waals surface area contributed by atoms with Gasteiger partial charge in [0, 0.05) is 6.07 Å². The van der Waals surface area contributed by atoms with Crippen molar-refractivity contribution in [1.82, 2.24) is 4.98 Å².